The van der Waals surface area contributed by atoms with Crippen molar-refractivity contribution >= 4 is 16.5 Å². The predicted octanol–water partition coefficient (Wildman–Crippen LogP) is 4.66. The molecule has 0 rings (SSSR count). The first-order valence-electron chi connectivity index (χ1n) is 6.14. The molecule has 0 spiro atoms. The lowest BCUT2D eigenvalue weighted by atomic mass is 10.3. The molecule has 90 valence electrons. The van der Waals surface area contributed by atoms with E-state index in [1.807, 2.05) is 0 Å². The van der Waals surface area contributed by atoms with Crippen LogP contribution in [-0.4, -0.2) is 20.7 Å². The predicted molar refractivity (Wildman–Crippen MR) is 77.2 cm³/mol. The van der Waals surface area contributed by atoms with Crippen LogP contribution in [0.2, 0.25) is 39.3 Å². The van der Waals surface area contributed by atoms with Crippen molar-refractivity contribution in [3.63, 3.8) is 0 Å². The molecule has 0 aromatic rings. The molecule has 0 radical (unpaired) electrons. The summed E-state index contributed by atoms with van der Waals surface area (Å²) in [4.78, 5) is 0. The van der Waals surface area contributed by atoms with E-state index in [0.717, 1.165) is 6.42 Å². The van der Waals surface area contributed by atoms with Gasteiger partial charge in [-0.2, -0.15) is 0 Å². The Morgan fingerprint density at radius 1 is 0.933 bits per heavy atom. The minimum Gasteiger partial charge on any atom is -0.428 e. The van der Waals surface area contributed by atoms with Crippen molar-refractivity contribution in [1.82, 2.24) is 4.23 Å². The van der Waals surface area contributed by atoms with Crippen molar-refractivity contribution in [2.24, 2.45) is 0 Å². The molecule has 0 amide bonds. The van der Waals surface area contributed by atoms with Gasteiger partial charge in [-0.1, -0.05) is 59.2 Å². The summed E-state index contributed by atoms with van der Waals surface area (Å²) in [6.45, 7) is 19.3. The van der Waals surface area contributed by atoms with Gasteiger partial charge < -0.3 is 4.23 Å². The largest absolute Gasteiger partial charge is 0.428 e. The molecular formula is C12H29NSi2. The average molecular weight is 244 g/mol. The monoisotopic (exact) mass is 243 g/mol. The van der Waals surface area contributed by atoms with Crippen LogP contribution in [0.25, 0.3) is 0 Å². The van der Waals surface area contributed by atoms with Gasteiger partial charge in [-0.3, -0.25) is 0 Å². The van der Waals surface area contributed by atoms with Crippen molar-refractivity contribution in [2.75, 3.05) is 0 Å². The molecule has 0 saturated carbocycles. The molecule has 0 aliphatic carbocycles. The summed E-state index contributed by atoms with van der Waals surface area (Å²) in [5.41, 5.74) is 1.59. The second kappa shape index (κ2) is 5.35. The summed E-state index contributed by atoms with van der Waals surface area (Å²) in [5.74, 6) is 0. The quantitative estimate of drug-likeness (QED) is 0.635. The minimum absolute atomic E-state index is 1.16. The van der Waals surface area contributed by atoms with Crippen molar-refractivity contribution in [2.45, 2.75) is 66.0 Å². The smallest absolute Gasteiger partial charge is 0.138 e. The van der Waals surface area contributed by atoms with E-state index in [0.29, 0.717) is 0 Å². The van der Waals surface area contributed by atoms with Crippen LogP contribution < -0.4 is 0 Å². The molecule has 0 aromatic carbocycles. The van der Waals surface area contributed by atoms with Gasteiger partial charge in [0.15, 0.2) is 0 Å². The van der Waals surface area contributed by atoms with Crippen LogP contribution in [0.1, 0.15) is 26.7 Å². The lowest BCUT2D eigenvalue weighted by molar-refractivity contribution is 0.706. The van der Waals surface area contributed by atoms with E-state index in [1.54, 1.807) is 5.70 Å². The van der Waals surface area contributed by atoms with Crippen molar-refractivity contribution in [3.8, 4) is 0 Å². The molecule has 15 heavy (non-hydrogen) atoms. The van der Waals surface area contributed by atoms with E-state index in [2.05, 4.69) is 63.4 Å². The summed E-state index contributed by atoms with van der Waals surface area (Å²) >= 11 is 0. The molecule has 0 aromatic heterocycles. The first-order valence-corrected chi connectivity index (χ1v) is 13.0. The Balaban J connectivity index is 5.20. The third-order valence-corrected chi connectivity index (χ3v) is 9.71. The highest BCUT2D eigenvalue weighted by Gasteiger charge is 2.34. The molecule has 0 unspecified atom stereocenters. The Bertz CT molecular complexity index is 207. The Labute approximate surface area is 98.7 Å². The first kappa shape index (κ1) is 15.0. The van der Waals surface area contributed by atoms with Gasteiger partial charge in [0, 0.05) is 0 Å². The van der Waals surface area contributed by atoms with Crippen LogP contribution in [0, 0.1) is 0 Å². The summed E-state index contributed by atoms with van der Waals surface area (Å²) in [5, 5.41) is 0. The Kier molecular flexibility index (Phi) is 5.34. The van der Waals surface area contributed by atoms with Gasteiger partial charge in [0.2, 0.25) is 0 Å². The fourth-order valence-corrected chi connectivity index (χ4v) is 12.8. The van der Waals surface area contributed by atoms with Gasteiger partial charge in [-0.25, -0.2) is 0 Å². The minimum atomic E-state index is -1.22. The molecule has 0 bridgehead atoms. The lowest BCUT2D eigenvalue weighted by Crippen LogP contribution is -2.58. The summed E-state index contributed by atoms with van der Waals surface area (Å²) < 4.78 is 2.82. The normalized spacial score (nSPS) is 14.3. The summed E-state index contributed by atoms with van der Waals surface area (Å²) in [6.07, 6.45) is 4.77. The zero-order chi connectivity index (χ0) is 12.3. The van der Waals surface area contributed by atoms with Crippen LogP contribution >= 0.6 is 0 Å². The van der Waals surface area contributed by atoms with Gasteiger partial charge in [0.05, 0.1) is 0 Å². The Hall–Kier alpha value is -0.0262. The maximum atomic E-state index is 2.82. The zero-order valence-corrected chi connectivity index (χ0v) is 13.9. The highest BCUT2D eigenvalue weighted by molar-refractivity contribution is 6.90. The molecule has 0 aliphatic rings. The highest BCUT2D eigenvalue weighted by atomic mass is 28.4. The van der Waals surface area contributed by atoms with Crippen LogP contribution in [0.3, 0.4) is 0 Å². The molecule has 0 aliphatic heterocycles. The van der Waals surface area contributed by atoms with Crippen molar-refractivity contribution in [1.29, 1.82) is 0 Å². The first-order chi connectivity index (χ1) is 6.64. The maximum Gasteiger partial charge on any atom is 0.138 e. The van der Waals surface area contributed by atoms with Gasteiger partial charge in [-0.05, 0) is 18.5 Å². The summed E-state index contributed by atoms with van der Waals surface area (Å²) in [6, 6.07) is 0. The van der Waals surface area contributed by atoms with E-state index in [9.17, 15) is 0 Å². The van der Waals surface area contributed by atoms with Crippen molar-refractivity contribution in [3.05, 3.63) is 11.8 Å². The molecular weight excluding hydrogens is 214 g/mol. The second-order valence-corrected chi connectivity index (χ2v) is 16.2. The molecule has 1 nitrogen and oxygen atoms in total. The van der Waals surface area contributed by atoms with Crippen LogP contribution in [0.5, 0.6) is 0 Å². The van der Waals surface area contributed by atoms with Gasteiger partial charge >= 0.3 is 0 Å². The second-order valence-electron chi connectivity index (χ2n) is 6.13. The van der Waals surface area contributed by atoms with Crippen LogP contribution in [0.15, 0.2) is 11.8 Å². The number of hydrogen-bond donors (Lipinski definition) is 0. The SMILES string of the molecule is CCC=C(CC)N([Si](C)(C)C)[Si](C)(C)C. The molecule has 0 fully saturated rings. The molecule has 3 heteroatoms. The van der Waals surface area contributed by atoms with E-state index in [-0.39, 0.29) is 0 Å². The van der Waals surface area contributed by atoms with Gasteiger partial charge in [-0.15, -0.1) is 0 Å². The molecule has 0 heterocycles. The topological polar surface area (TPSA) is 3.24 Å². The van der Waals surface area contributed by atoms with Crippen LogP contribution in [-0.2, 0) is 0 Å². The van der Waals surface area contributed by atoms with Crippen molar-refractivity contribution < 1.29 is 0 Å². The standard InChI is InChI=1S/C12H29NSi2/c1-9-11-12(10-2)13(14(3,4)5)15(6,7)8/h11H,9-10H2,1-8H3. The summed E-state index contributed by atoms with van der Waals surface area (Å²) in [7, 11) is -2.43. The Morgan fingerprint density at radius 3 is 1.53 bits per heavy atom. The Morgan fingerprint density at radius 2 is 1.33 bits per heavy atom. The van der Waals surface area contributed by atoms with E-state index in [1.165, 1.54) is 6.42 Å². The fraction of sp³-hybridized carbons (Fsp3) is 0.833. The number of nitrogens with zero attached hydrogens (tertiary/aromatic N) is 1. The lowest BCUT2D eigenvalue weighted by Gasteiger charge is -2.47. The fourth-order valence-electron chi connectivity index (χ4n) is 2.50. The van der Waals surface area contributed by atoms with Gasteiger partial charge in [0.25, 0.3) is 0 Å². The van der Waals surface area contributed by atoms with Gasteiger partial charge in [0.1, 0.15) is 16.5 Å². The number of allylic oxidation sites excluding steroid dienone is 2. The third kappa shape index (κ3) is 4.55. The molecule has 0 saturated heterocycles. The molecule has 0 N–H and O–H groups in total. The zero-order valence-electron chi connectivity index (χ0n) is 11.9. The van der Waals surface area contributed by atoms with E-state index < -0.39 is 16.5 Å². The average Bonchev–Trinajstić information content (AvgIpc) is 1.98. The highest BCUT2D eigenvalue weighted by Crippen LogP contribution is 2.27. The third-order valence-electron chi connectivity index (χ3n) is 2.43. The molecule has 0 atom stereocenters. The number of rotatable bonds is 5. The van der Waals surface area contributed by atoms with E-state index >= 15 is 0 Å². The number of hydrogen-bond acceptors (Lipinski definition) is 1. The van der Waals surface area contributed by atoms with Crippen LogP contribution in [0.4, 0.5) is 0 Å². The van der Waals surface area contributed by atoms with E-state index in [4.69, 9.17) is 0 Å². The maximum absolute atomic E-state index is 2.82.